The number of rotatable bonds is 9. The SMILES string of the molecule is CCCCC(CC)CC(=O)NC(CN)C1CC1.Cl. The van der Waals surface area contributed by atoms with Crippen LogP contribution < -0.4 is 11.1 Å². The van der Waals surface area contributed by atoms with Gasteiger partial charge in [0.05, 0.1) is 0 Å². The number of halogens is 1. The standard InChI is InChI=1S/C14H28N2O.ClH/c1-3-5-6-11(4-2)9-14(17)16-13(10-15)12-7-8-12;/h11-13H,3-10,15H2,1-2H3,(H,16,17);1H. The van der Waals surface area contributed by atoms with Crippen molar-refractivity contribution in [3.05, 3.63) is 0 Å². The number of nitrogens with one attached hydrogen (secondary N) is 1. The van der Waals surface area contributed by atoms with Crippen molar-refractivity contribution in [3.8, 4) is 0 Å². The van der Waals surface area contributed by atoms with Crippen LogP contribution in [0.3, 0.4) is 0 Å². The number of carbonyl (C=O) groups is 1. The monoisotopic (exact) mass is 276 g/mol. The van der Waals surface area contributed by atoms with Crippen molar-refractivity contribution in [2.45, 2.75) is 64.8 Å². The van der Waals surface area contributed by atoms with Crippen LogP contribution in [0, 0.1) is 11.8 Å². The fourth-order valence-electron chi connectivity index (χ4n) is 2.34. The lowest BCUT2D eigenvalue weighted by molar-refractivity contribution is -0.122. The van der Waals surface area contributed by atoms with E-state index in [0.29, 0.717) is 24.8 Å². The minimum absolute atomic E-state index is 0. The summed E-state index contributed by atoms with van der Waals surface area (Å²) in [6.07, 6.45) is 7.87. The molecule has 2 atom stereocenters. The number of nitrogens with two attached hydrogens (primary N) is 1. The van der Waals surface area contributed by atoms with Crippen LogP contribution in [-0.2, 0) is 4.79 Å². The van der Waals surface area contributed by atoms with E-state index in [-0.39, 0.29) is 24.4 Å². The summed E-state index contributed by atoms with van der Waals surface area (Å²) in [5, 5.41) is 3.11. The van der Waals surface area contributed by atoms with E-state index in [1.54, 1.807) is 0 Å². The lowest BCUT2D eigenvalue weighted by Crippen LogP contribution is -2.42. The van der Waals surface area contributed by atoms with Crippen LogP contribution in [-0.4, -0.2) is 18.5 Å². The molecule has 0 aromatic rings. The van der Waals surface area contributed by atoms with Gasteiger partial charge in [-0.25, -0.2) is 0 Å². The number of hydrogen-bond donors (Lipinski definition) is 2. The van der Waals surface area contributed by atoms with Gasteiger partial charge in [0.2, 0.25) is 5.91 Å². The smallest absolute Gasteiger partial charge is 0.220 e. The number of amides is 1. The van der Waals surface area contributed by atoms with E-state index in [9.17, 15) is 4.79 Å². The molecule has 1 aliphatic carbocycles. The Hall–Kier alpha value is -0.280. The summed E-state index contributed by atoms with van der Waals surface area (Å²) in [4.78, 5) is 11.9. The number of hydrogen-bond acceptors (Lipinski definition) is 2. The molecule has 2 unspecified atom stereocenters. The molecular weight excluding hydrogens is 248 g/mol. The van der Waals surface area contributed by atoms with Gasteiger partial charge in [-0.1, -0.05) is 33.1 Å². The number of unbranched alkanes of at least 4 members (excludes halogenated alkanes) is 1. The maximum Gasteiger partial charge on any atom is 0.220 e. The lowest BCUT2D eigenvalue weighted by Gasteiger charge is -2.19. The quantitative estimate of drug-likeness (QED) is 0.680. The molecule has 108 valence electrons. The van der Waals surface area contributed by atoms with Crippen molar-refractivity contribution >= 4 is 18.3 Å². The van der Waals surface area contributed by atoms with Crippen LogP contribution in [0.4, 0.5) is 0 Å². The summed E-state index contributed by atoms with van der Waals surface area (Å²) in [5.74, 6) is 1.41. The Labute approximate surface area is 118 Å². The topological polar surface area (TPSA) is 55.1 Å². The highest BCUT2D eigenvalue weighted by Crippen LogP contribution is 2.32. The predicted molar refractivity (Wildman–Crippen MR) is 78.9 cm³/mol. The lowest BCUT2D eigenvalue weighted by atomic mass is 9.95. The summed E-state index contributed by atoms with van der Waals surface area (Å²) in [6.45, 7) is 4.96. The molecule has 1 amide bonds. The van der Waals surface area contributed by atoms with E-state index in [1.807, 2.05) is 0 Å². The number of carbonyl (C=O) groups excluding carboxylic acids is 1. The summed E-state index contributed by atoms with van der Waals surface area (Å²) in [5.41, 5.74) is 5.69. The fraction of sp³-hybridized carbons (Fsp3) is 0.929. The van der Waals surface area contributed by atoms with Crippen LogP contribution in [0.1, 0.15) is 58.8 Å². The highest BCUT2D eigenvalue weighted by Gasteiger charge is 2.31. The third-order valence-corrected chi connectivity index (χ3v) is 3.81. The first-order chi connectivity index (χ1) is 8.21. The summed E-state index contributed by atoms with van der Waals surface area (Å²) in [7, 11) is 0. The van der Waals surface area contributed by atoms with Crippen molar-refractivity contribution in [3.63, 3.8) is 0 Å². The van der Waals surface area contributed by atoms with Gasteiger partial charge in [0.25, 0.3) is 0 Å². The van der Waals surface area contributed by atoms with E-state index in [2.05, 4.69) is 19.2 Å². The van der Waals surface area contributed by atoms with Gasteiger partial charge >= 0.3 is 0 Å². The molecule has 1 aliphatic rings. The molecule has 4 heteroatoms. The molecule has 0 saturated heterocycles. The van der Waals surface area contributed by atoms with Gasteiger partial charge in [0.15, 0.2) is 0 Å². The minimum Gasteiger partial charge on any atom is -0.352 e. The van der Waals surface area contributed by atoms with Gasteiger partial charge in [0, 0.05) is 19.0 Å². The second-order valence-corrected chi connectivity index (χ2v) is 5.37. The normalized spacial score (nSPS) is 17.7. The zero-order valence-electron chi connectivity index (χ0n) is 11.8. The Morgan fingerprint density at radius 1 is 1.39 bits per heavy atom. The zero-order valence-corrected chi connectivity index (χ0v) is 12.6. The van der Waals surface area contributed by atoms with Gasteiger partial charge in [0.1, 0.15) is 0 Å². The van der Waals surface area contributed by atoms with E-state index < -0.39 is 0 Å². The molecule has 0 spiro atoms. The summed E-state index contributed by atoms with van der Waals surface area (Å²) in [6, 6.07) is 0.228. The third kappa shape index (κ3) is 6.60. The van der Waals surface area contributed by atoms with Crippen molar-refractivity contribution < 1.29 is 4.79 Å². The molecular formula is C14H29ClN2O. The molecule has 1 fully saturated rings. The van der Waals surface area contributed by atoms with Gasteiger partial charge in [-0.15, -0.1) is 12.4 Å². The summed E-state index contributed by atoms with van der Waals surface area (Å²) >= 11 is 0. The van der Waals surface area contributed by atoms with Gasteiger partial charge in [-0.3, -0.25) is 4.79 Å². The molecule has 1 rings (SSSR count). The Balaban J connectivity index is 0.00000289. The molecule has 3 N–H and O–H groups in total. The molecule has 1 saturated carbocycles. The molecule has 0 aliphatic heterocycles. The maximum atomic E-state index is 11.9. The maximum absolute atomic E-state index is 11.9. The van der Waals surface area contributed by atoms with Crippen molar-refractivity contribution in [2.24, 2.45) is 17.6 Å². The zero-order chi connectivity index (χ0) is 12.7. The minimum atomic E-state index is 0. The average Bonchev–Trinajstić information content (AvgIpc) is 3.15. The first-order valence-corrected chi connectivity index (χ1v) is 7.20. The first-order valence-electron chi connectivity index (χ1n) is 7.20. The average molecular weight is 277 g/mol. The van der Waals surface area contributed by atoms with Crippen LogP contribution in [0.2, 0.25) is 0 Å². The molecule has 18 heavy (non-hydrogen) atoms. The molecule has 0 radical (unpaired) electrons. The van der Waals surface area contributed by atoms with Crippen LogP contribution >= 0.6 is 12.4 Å². The molecule has 0 aromatic carbocycles. The van der Waals surface area contributed by atoms with Crippen LogP contribution in [0.5, 0.6) is 0 Å². The Morgan fingerprint density at radius 3 is 2.50 bits per heavy atom. The van der Waals surface area contributed by atoms with Crippen molar-refractivity contribution in [1.29, 1.82) is 0 Å². The fourth-order valence-corrected chi connectivity index (χ4v) is 2.34. The molecule has 0 heterocycles. The summed E-state index contributed by atoms with van der Waals surface area (Å²) < 4.78 is 0. The van der Waals surface area contributed by atoms with Gasteiger partial charge in [-0.05, 0) is 31.1 Å². The highest BCUT2D eigenvalue weighted by molar-refractivity contribution is 5.85. The largest absolute Gasteiger partial charge is 0.352 e. The predicted octanol–water partition coefficient (Wildman–Crippen LogP) is 2.87. The van der Waals surface area contributed by atoms with Crippen LogP contribution in [0.15, 0.2) is 0 Å². The van der Waals surface area contributed by atoms with E-state index in [1.165, 1.54) is 32.1 Å². The van der Waals surface area contributed by atoms with Crippen molar-refractivity contribution in [2.75, 3.05) is 6.54 Å². The molecule has 0 bridgehead atoms. The Morgan fingerprint density at radius 2 is 2.06 bits per heavy atom. The van der Waals surface area contributed by atoms with Crippen molar-refractivity contribution in [1.82, 2.24) is 5.32 Å². The van der Waals surface area contributed by atoms with Crippen LogP contribution in [0.25, 0.3) is 0 Å². The van der Waals surface area contributed by atoms with E-state index >= 15 is 0 Å². The Kier molecular flexibility index (Phi) is 9.47. The van der Waals surface area contributed by atoms with E-state index in [0.717, 1.165) is 6.42 Å². The first kappa shape index (κ1) is 17.7. The van der Waals surface area contributed by atoms with Gasteiger partial charge in [-0.2, -0.15) is 0 Å². The highest BCUT2D eigenvalue weighted by atomic mass is 35.5. The Bertz CT molecular complexity index is 232. The third-order valence-electron chi connectivity index (χ3n) is 3.81. The second-order valence-electron chi connectivity index (χ2n) is 5.37. The van der Waals surface area contributed by atoms with E-state index in [4.69, 9.17) is 5.73 Å². The second kappa shape index (κ2) is 9.62. The molecule has 0 aromatic heterocycles. The van der Waals surface area contributed by atoms with Gasteiger partial charge < -0.3 is 11.1 Å². The molecule has 3 nitrogen and oxygen atoms in total.